The molecule has 0 unspecified atom stereocenters. The molecule has 1 atom stereocenters. The van der Waals surface area contributed by atoms with E-state index in [0.29, 0.717) is 37.0 Å². The van der Waals surface area contributed by atoms with Crippen LogP contribution < -0.4 is 15.0 Å². The molecule has 0 radical (unpaired) electrons. The summed E-state index contributed by atoms with van der Waals surface area (Å²) in [5, 5.41) is 12.2. The molecule has 1 saturated heterocycles. The number of carbonyl (C=O) groups excluding carboxylic acids is 1. The van der Waals surface area contributed by atoms with Gasteiger partial charge in [0.15, 0.2) is 0 Å². The summed E-state index contributed by atoms with van der Waals surface area (Å²) in [5.74, 6) is 0.194. The molecule has 1 aliphatic carbocycles. The van der Waals surface area contributed by atoms with Gasteiger partial charge in [0.1, 0.15) is 18.0 Å². The number of anilines is 1. The average molecular weight is 420 g/mol. The maximum atomic E-state index is 12.9. The van der Waals surface area contributed by atoms with Crippen molar-refractivity contribution < 1.29 is 24.2 Å². The first-order chi connectivity index (χ1) is 14.6. The van der Waals surface area contributed by atoms with Crippen LogP contribution in [0, 0.1) is 5.92 Å². The average Bonchev–Trinajstić information content (AvgIpc) is 2.74. The van der Waals surface area contributed by atoms with E-state index in [-0.39, 0.29) is 24.3 Å². The van der Waals surface area contributed by atoms with Gasteiger partial charge in [0.05, 0.1) is 6.61 Å². The summed E-state index contributed by atoms with van der Waals surface area (Å²) < 4.78 is 10.9. The highest BCUT2D eigenvalue weighted by Crippen LogP contribution is 2.27. The summed E-state index contributed by atoms with van der Waals surface area (Å²) in [6, 6.07) is 3.81. The van der Waals surface area contributed by atoms with Gasteiger partial charge in [0.25, 0.3) is 5.91 Å². The highest BCUT2D eigenvalue weighted by atomic mass is 16.5. The van der Waals surface area contributed by atoms with Gasteiger partial charge in [-0.1, -0.05) is 19.3 Å². The van der Waals surface area contributed by atoms with Crippen LogP contribution in [-0.2, 0) is 9.53 Å². The minimum Gasteiger partial charge on any atom is -0.481 e. The number of piperidine rings is 1. The molecule has 2 aliphatic rings. The van der Waals surface area contributed by atoms with Crippen molar-refractivity contribution in [1.29, 1.82) is 0 Å². The Labute approximate surface area is 177 Å². The number of ether oxygens (including phenoxy) is 2. The van der Waals surface area contributed by atoms with E-state index >= 15 is 0 Å². The summed E-state index contributed by atoms with van der Waals surface area (Å²) >= 11 is 0. The molecule has 2 N–H and O–H groups in total. The van der Waals surface area contributed by atoms with Crippen molar-refractivity contribution in [3.05, 3.63) is 17.7 Å². The van der Waals surface area contributed by atoms with Gasteiger partial charge < -0.3 is 24.8 Å². The van der Waals surface area contributed by atoms with Crippen LogP contribution in [-0.4, -0.2) is 61.4 Å². The van der Waals surface area contributed by atoms with Crippen molar-refractivity contribution in [1.82, 2.24) is 10.3 Å². The number of aromatic nitrogens is 1. The second-order valence-corrected chi connectivity index (χ2v) is 8.22. The largest absolute Gasteiger partial charge is 0.481 e. The van der Waals surface area contributed by atoms with Gasteiger partial charge >= 0.3 is 5.97 Å². The standard InChI is InChI=1S/C22H33N3O5/c1-29-12-13-30-22-18(21(28)23-17-7-3-2-4-8-17)9-10-19(24-22)25-11-5-6-16(15-25)14-20(26)27/h9-10,16-17H,2-8,11-15H2,1H3,(H,23,28)(H,26,27)/t16-/m0/s1. The number of rotatable bonds is 9. The molecule has 1 amide bonds. The maximum Gasteiger partial charge on any atom is 0.303 e. The Bertz CT molecular complexity index is 721. The zero-order valence-corrected chi connectivity index (χ0v) is 17.8. The molecule has 1 aliphatic heterocycles. The zero-order chi connectivity index (χ0) is 21.3. The molecule has 0 aromatic carbocycles. The molecule has 1 aromatic heterocycles. The fourth-order valence-electron chi connectivity index (χ4n) is 4.31. The van der Waals surface area contributed by atoms with Crippen LogP contribution in [0.3, 0.4) is 0 Å². The molecule has 30 heavy (non-hydrogen) atoms. The van der Waals surface area contributed by atoms with E-state index in [1.54, 1.807) is 13.2 Å². The molecule has 8 nitrogen and oxygen atoms in total. The normalized spacial score (nSPS) is 20.0. The Morgan fingerprint density at radius 3 is 2.70 bits per heavy atom. The lowest BCUT2D eigenvalue weighted by molar-refractivity contribution is -0.138. The first-order valence-electron chi connectivity index (χ1n) is 11.0. The van der Waals surface area contributed by atoms with Crippen LogP contribution in [0.4, 0.5) is 5.82 Å². The van der Waals surface area contributed by atoms with Crippen LogP contribution in [0.15, 0.2) is 12.1 Å². The molecule has 3 rings (SSSR count). The molecule has 1 aromatic rings. The van der Waals surface area contributed by atoms with Gasteiger partial charge in [-0.05, 0) is 43.7 Å². The quantitative estimate of drug-likeness (QED) is 0.594. The number of amides is 1. The Balaban J connectivity index is 1.74. The first kappa shape index (κ1) is 22.3. The van der Waals surface area contributed by atoms with E-state index < -0.39 is 5.97 Å². The summed E-state index contributed by atoms with van der Waals surface area (Å²) in [4.78, 5) is 30.7. The minimum atomic E-state index is -0.770. The fraction of sp³-hybridized carbons (Fsp3) is 0.682. The van der Waals surface area contributed by atoms with Gasteiger partial charge in [-0.3, -0.25) is 9.59 Å². The predicted octanol–water partition coefficient (Wildman–Crippen LogP) is 2.86. The second kappa shape index (κ2) is 11.2. The Kier molecular flexibility index (Phi) is 8.30. The van der Waals surface area contributed by atoms with E-state index in [0.717, 1.165) is 45.1 Å². The minimum absolute atomic E-state index is 0.102. The van der Waals surface area contributed by atoms with Gasteiger partial charge in [-0.2, -0.15) is 4.98 Å². The van der Waals surface area contributed by atoms with Crippen molar-refractivity contribution in [2.45, 2.75) is 57.4 Å². The maximum absolute atomic E-state index is 12.9. The monoisotopic (exact) mass is 419 g/mol. The number of aliphatic carboxylic acids is 1. The van der Waals surface area contributed by atoms with Gasteiger partial charge in [-0.25, -0.2) is 0 Å². The summed E-state index contributed by atoms with van der Waals surface area (Å²) in [6.07, 6.45) is 7.52. The van der Waals surface area contributed by atoms with Gasteiger partial charge in [0, 0.05) is 32.7 Å². The molecule has 1 saturated carbocycles. The first-order valence-corrected chi connectivity index (χ1v) is 11.0. The van der Waals surface area contributed by atoms with Gasteiger partial charge in [0.2, 0.25) is 5.88 Å². The van der Waals surface area contributed by atoms with Crippen molar-refractivity contribution in [3.8, 4) is 5.88 Å². The van der Waals surface area contributed by atoms with Crippen LogP contribution >= 0.6 is 0 Å². The Morgan fingerprint density at radius 2 is 1.97 bits per heavy atom. The van der Waals surface area contributed by atoms with Crippen LogP contribution in [0.25, 0.3) is 0 Å². The predicted molar refractivity (Wildman–Crippen MR) is 113 cm³/mol. The smallest absolute Gasteiger partial charge is 0.303 e. The molecular weight excluding hydrogens is 386 g/mol. The van der Waals surface area contributed by atoms with E-state index in [4.69, 9.17) is 14.6 Å². The summed E-state index contributed by atoms with van der Waals surface area (Å²) in [6.45, 7) is 2.16. The number of carboxylic acids is 1. The molecule has 2 fully saturated rings. The number of nitrogens with zero attached hydrogens (tertiary/aromatic N) is 2. The molecule has 8 heteroatoms. The lowest BCUT2D eigenvalue weighted by Crippen LogP contribution is -2.38. The van der Waals surface area contributed by atoms with Crippen LogP contribution in [0.5, 0.6) is 5.88 Å². The Morgan fingerprint density at radius 1 is 1.17 bits per heavy atom. The highest BCUT2D eigenvalue weighted by Gasteiger charge is 2.25. The van der Waals surface area contributed by atoms with Crippen LogP contribution in [0.1, 0.15) is 61.7 Å². The lowest BCUT2D eigenvalue weighted by Gasteiger charge is -2.33. The van der Waals surface area contributed by atoms with E-state index in [1.807, 2.05) is 6.07 Å². The number of carbonyl (C=O) groups is 2. The third-order valence-electron chi connectivity index (χ3n) is 5.86. The van der Waals surface area contributed by atoms with Gasteiger partial charge in [-0.15, -0.1) is 0 Å². The Hall–Kier alpha value is -2.35. The van der Waals surface area contributed by atoms with Crippen molar-refractivity contribution in [2.75, 3.05) is 38.3 Å². The number of carboxylic acid groups (broad SMARTS) is 1. The zero-order valence-electron chi connectivity index (χ0n) is 17.8. The fourth-order valence-corrected chi connectivity index (χ4v) is 4.31. The lowest BCUT2D eigenvalue weighted by atomic mass is 9.95. The number of hydrogen-bond acceptors (Lipinski definition) is 6. The van der Waals surface area contributed by atoms with E-state index in [2.05, 4.69) is 15.2 Å². The highest BCUT2D eigenvalue weighted by molar-refractivity contribution is 5.96. The molecular formula is C22H33N3O5. The van der Waals surface area contributed by atoms with Crippen molar-refractivity contribution in [3.63, 3.8) is 0 Å². The molecule has 166 valence electrons. The molecule has 2 heterocycles. The van der Waals surface area contributed by atoms with Crippen molar-refractivity contribution >= 4 is 17.7 Å². The second-order valence-electron chi connectivity index (χ2n) is 8.22. The number of hydrogen-bond donors (Lipinski definition) is 2. The summed E-state index contributed by atoms with van der Waals surface area (Å²) in [7, 11) is 1.60. The van der Waals surface area contributed by atoms with E-state index in [9.17, 15) is 9.59 Å². The topological polar surface area (TPSA) is 101 Å². The SMILES string of the molecule is COCCOc1nc(N2CCC[C@@H](CC(=O)O)C2)ccc1C(=O)NC1CCCCC1. The third kappa shape index (κ3) is 6.32. The van der Waals surface area contributed by atoms with E-state index in [1.165, 1.54) is 6.42 Å². The number of methoxy groups -OCH3 is 1. The summed E-state index contributed by atoms with van der Waals surface area (Å²) in [5.41, 5.74) is 0.430. The number of nitrogens with one attached hydrogen (secondary N) is 1. The molecule has 0 bridgehead atoms. The van der Waals surface area contributed by atoms with Crippen molar-refractivity contribution in [2.24, 2.45) is 5.92 Å². The third-order valence-corrected chi connectivity index (χ3v) is 5.86. The molecule has 0 spiro atoms. The number of pyridine rings is 1. The van der Waals surface area contributed by atoms with Crippen LogP contribution in [0.2, 0.25) is 0 Å².